The Morgan fingerprint density at radius 2 is 2.36 bits per heavy atom. The molecule has 0 aromatic heterocycles. The number of ether oxygens (including phenoxy) is 3. The van der Waals surface area contributed by atoms with Crippen molar-refractivity contribution in [3.05, 3.63) is 0 Å². The van der Waals surface area contributed by atoms with Crippen molar-refractivity contribution >= 4 is 0 Å². The largest absolute Gasteiger partial charge is 0.373 e. The molecular weight excluding hydrogens is 182 g/mol. The molecule has 2 aliphatic rings. The molecule has 0 amide bonds. The lowest BCUT2D eigenvalue weighted by Gasteiger charge is -2.18. The lowest BCUT2D eigenvalue weighted by Crippen LogP contribution is -2.32. The van der Waals surface area contributed by atoms with Gasteiger partial charge in [-0.2, -0.15) is 0 Å². The Morgan fingerprint density at radius 3 is 3.14 bits per heavy atom. The van der Waals surface area contributed by atoms with E-state index in [1.54, 1.807) is 0 Å². The van der Waals surface area contributed by atoms with Gasteiger partial charge in [-0.1, -0.05) is 6.92 Å². The van der Waals surface area contributed by atoms with Crippen molar-refractivity contribution in [2.24, 2.45) is 11.7 Å². The summed E-state index contributed by atoms with van der Waals surface area (Å²) in [6.45, 7) is 4.94. The summed E-state index contributed by atoms with van der Waals surface area (Å²) < 4.78 is 16.9. The van der Waals surface area contributed by atoms with Gasteiger partial charge in [0.15, 0.2) is 0 Å². The molecule has 0 aliphatic carbocycles. The molecule has 4 heteroatoms. The van der Waals surface area contributed by atoms with E-state index in [1.807, 2.05) is 0 Å². The molecular formula is C10H19NO3. The number of hydrogen-bond acceptors (Lipinski definition) is 4. The smallest absolute Gasteiger partial charge is 0.112 e. The van der Waals surface area contributed by atoms with Gasteiger partial charge in [0.2, 0.25) is 0 Å². The summed E-state index contributed by atoms with van der Waals surface area (Å²) >= 11 is 0. The average Bonchev–Trinajstić information content (AvgIpc) is 2.76. The number of rotatable bonds is 4. The third-order valence-corrected chi connectivity index (χ3v) is 2.92. The van der Waals surface area contributed by atoms with E-state index in [0.29, 0.717) is 25.7 Å². The molecule has 4 atom stereocenters. The fourth-order valence-electron chi connectivity index (χ4n) is 1.93. The van der Waals surface area contributed by atoms with E-state index in [-0.39, 0.29) is 18.3 Å². The Hall–Kier alpha value is -0.160. The van der Waals surface area contributed by atoms with Crippen molar-refractivity contribution in [2.75, 3.05) is 26.4 Å². The standard InChI is InChI=1S/C10H19NO3/c1-7(4-11)5-13-9-6-14-8-2-3-12-10(8)9/h7-10H,2-6,11H2,1H3. The van der Waals surface area contributed by atoms with Crippen LogP contribution >= 0.6 is 0 Å². The van der Waals surface area contributed by atoms with Gasteiger partial charge >= 0.3 is 0 Å². The van der Waals surface area contributed by atoms with E-state index in [4.69, 9.17) is 19.9 Å². The second-order valence-electron chi connectivity index (χ2n) is 4.21. The lowest BCUT2D eigenvalue weighted by atomic mass is 10.1. The fourth-order valence-corrected chi connectivity index (χ4v) is 1.93. The summed E-state index contributed by atoms with van der Waals surface area (Å²) in [7, 11) is 0. The Labute approximate surface area is 84.7 Å². The van der Waals surface area contributed by atoms with Crippen molar-refractivity contribution < 1.29 is 14.2 Å². The van der Waals surface area contributed by atoms with Crippen LogP contribution in [0.1, 0.15) is 13.3 Å². The maximum atomic E-state index is 5.74. The number of hydrogen-bond donors (Lipinski definition) is 1. The van der Waals surface area contributed by atoms with E-state index in [2.05, 4.69) is 6.92 Å². The van der Waals surface area contributed by atoms with Crippen molar-refractivity contribution in [3.8, 4) is 0 Å². The quantitative estimate of drug-likeness (QED) is 0.703. The maximum Gasteiger partial charge on any atom is 0.112 e. The highest BCUT2D eigenvalue weighted by Gasteiger charge is 2.42. The minimum absolute atomic E-state index is 0.122. The van der Waals surface area contributed by atoms with Gasteiger partial charge < -0.3 is 19.9 Å². The zero-order chi connectivity index (χ0) is 9.97. The molecule has 0 spiro atoms. The molecule has 2 rings (SSSR count). The Bertz CT molecular complexity index is 188. The Kier molecular flexibility index (Phi) is 3.38. The van der Waals surface area contributed by atoms with E-state index in [9.17, 15) is 0 Å². The first-order valence-corrected chi connectivity index (χ1v) is 5.36. The van der Waals surface area contributed by atoms with Crippen LogP contribution in [0.5, 0.6) is 0 Å². The summed E-state index contributed by atoms with van der Waals surface area (Å²) in [5.74, 6) is 0.412. The maximum absolute atomic E-state index is 5.74. The summed E-state index contributed by atoms with van der Waals surface area (Å²) in [4.78, 5) is 0. The molecule has 2 saturated heterocycles. The van der Waals surface area contributed by atoms with Crippen LogP contribution in [0.4, 0.5) is 0 Å². The van der Waals surface area contributed by atoms with Crippen LogP contribution < -0.4 is 5.73 Å². The van der Waals surface area contributed by atoms with Crippen LogP contribution in [0.15, 0.2) is 0 Å². The molecule has 0 aromatic rings. The first kappa shape index (κ1) is 10.4. The minimum Gasteiger partial charge on any atom is -0.373 e. The Balaban J connectivity index is 1.76. The highest BCUT2D eigenvalue weighted by atomic mass is 16.6. The molecule has 2 N–H and O–H groups in total. The van der Waals surface area contributed by atoms with Gasteiger partial charge in [-0.05, 0) is 18.9 Å². The number of fused-ring (bicyclic) bond motifs is 1. The van der Waals surface area contributed by atoms with Crippen LogP contribution in [0.2, 0.25) is 0 Å². The highest BCUT2D eigenvalue weighted by Crippen LogP contribution is 2.28. The van der Waals surface area contributed by atoms with Crippen LogP contribution in [-0.4, -0.2) is 44.7 Å². The molecule has 0 radical (unpaired) electrons. The monoisotopic (exact) mass is 201 g/mol. The number of nitrogens with two attached hydrogens (primary N) is 1. The molecule has 0 bridgehead atoms. The molecule has 4 unspecified atom stereocenters. The summed E-state index contributed by atoms with van der Waals surface area (Å²) in [5, 5.41) is 0. The zero-order valence-electron chi connectivity index (χ0n) is 8.65. The van der Waals surface area contributed by atoms with Crippen LogP contribution in [-0.2, 0) is 14.2 Å². The normalized spacial score (nSPS) is 38.6. The first-order valence-electron chi connectivity index (χ1n) is 5.36. The van der Waals surface area contributed by atoms with Gasteiger partial charge in [0.25, 0.3) is 0 Å². The summed E-state index contributed by atoms with van der Waals surface area (Å²) in [5.41, 5.74) is 5.52. The molecule has 0 saturated carbocycles. The fraction of sp³-hybridized carbons (Fsp3) is 1.00. The lowest BCUT2D eigenvalue weighted by molar-refractivity contribution is -0.0399. The van der Waals surface area contributed by atoms with Gasteiger partial charge in [0.1, 0.15) is 12.2 Å². The van der Waals surface area contributed by atoms with Crippen LogP contribution in [0.3, 0.4) is 0 Å². The molecule has 82 valence electrons. The second-order valence-corrected chi connectivity index (χ2v) is 4.21. The van der Waals surface area contributed by atoms with Gasteiger partial charge in [-0.25, -0.2) is 0 Å². The predicted octanol–water partition coefficient (Wildman–Crippen LogP) is 0.154. The molecule has 14 heavy (non-hydrogen) atoms. The zero-order valence-corrected chi connectivity index (χ0v) is 8.65. The van der Waals surface area contributed by atoms with Crippen molar-refractivity contribution in [2.45, 2.75) is 31.7 Å². The van der Waals surface area contributed by atoms with Crippen molar-refractivity contribution in [1.29, 1.82) is 0 Å². The molecule has 2 heterocycles. The van der Waals surface area contributed by atoms with Gasteiger partial charge in [0.05, 0.1) is 19.3 Å². The van der Waals surface area contributed by atoms with E-state index >= 15 is 0 Å². The highest BCUT2D eigenvalue weighted by molar-refractivity contribution is 4.89. The van der Waals surface area contributed by atoms with E-state index < -0.39 is 0 Å². The SMILES string of the molecule is CC(CN)COC1COC2CCOC21. The third kappa shape index (κ3) is 2.08. The third-order valence-electron chi connectivity index (χ3n) is 2.92. The average molecular weight is 201 g/mol. The molecule has 0 aromatic carbocycles. The summed E-state index contributed by atoms with van der Waals surface area (Å²) in [6, 6.07) is 0. The topological polar surface area (TPSA) is 53.7 Å². The molecule has 2 fully saturated rings. The van der Waals surface area contributed by atoms with Crippen molar-refractivity contribution in [3.63, 3.8) is 0 Å². The van der Waals surface area contributed by atoms with E-state index in [0.717, 1.165) is 13.0 Å². The predicted molar refractivity (Wildman–Crippen MR) is 52.1 cm³/mol. The van der Waals surface area contributed by atoms with Gasteiger partial charge in [-0.15, -0.1) is 0 Å². The van der Waals surface area contributed by atoms with E-state index in [1.165, 1.54) is 0 Å². The van der Waals surface area contributed by atoms with Crippen molar-refractivity contribution in [1.82, 2.24) is 0 Å². The first-order chi connectivity index (χ1) is 6.81. The molecule has 4 nitrogen and oxygen atoms in total. The summed E-state index contributed by atoms with van der Waals surface area (Å²) in [6.07, 6.45) is 1.57. The van der Waals surface area contributed by atoms with Crippen LogP contribution in [0.25, 0.3) is 0 Å². The Morgan fingerprint density at radius 1 is 1.50 bits per heavy atom. The minimum atomic E-state index is 0.122. The molecule has 2 aliphatic heterocycles. The second kappa shape index (κ2) is 4.57. The van der Waals surface area contributed by atoms with Gasteiger partial charge in [0, 0.05) is 6.61 Å². The van der Waals surface area contributed by atoms with Gasteiger partial charge in [-0.3, -0.25) is 0 Å². The van der Waals surface area contributed by atoms with Crippen LogP contribution in [0, 0.1) is 5.92 Å².